The van der Waals surface area contributed by atoms with Gasteiger partial charge in [0.25, 0.3) is 0 Å². The summed E-state index contributed by atoms with van der Waals surface area (Å²) in [7, 11) is -3.68. The van der Waals surface area contributed by atoms with Crippen LogP contribution in [0.3, 0.4) is 0 Å². The maximum atomic E-state index is 12.6. The van der Waals surface area contributed by atoms with Gasteiger partial charge >= 0.3 is 16.4 Å². The molecule has 4 nitrogen and oxygen atoms in total. The molecule has 1 aliphatic heterocycles. The molecule has 1 heterocycles. The summed E-state index contributed by atoms with van der Waals surface area (Å²) < 4.78 is 65.0. The Hall–Kier alpha value is -1.28. The lowest BCUT2D eigenvalue weighted by atomic mass is 10.1. The first kappa shape index (κ1) is 14.1. The quantitative estimate of drug-likeness (QED) is 0.865. The highest BCUT2D eigenvalue weighted by molar-refractivity contribution is 7.90. The zero-order valence-electron chi connectivity index (χ0n) is 10.3. The third kappa shape index (κ3) is 2.69. The highest BCUT2D eigenvalue weighted by Gasteiger charge is 2.35. The molecular weight excluding hydrogens is 281 g/mol. The van der Waals surface area contributed by atoms with Gasteiger partial charge in [0.2, 0.25) is 0 Å². The van der Waals surface area contributed by atoms with Crippen LogP contribution in [0, 0.1) is 0 Å². The lowest BCUT2D eigenvalue weighted by Crippen LogP contribution is -2.43. The highest BCUT2D eigenvalue weighted by atomic mass is 32.2. The fraction of sp³-hybridized carbons (Fsp3) is 0.455. The summed E-state index contributed by atoms with van der Waals surface area (Å²) in [5.41, 5.74) is -0.265. The number of nitrogens with zero attached hydrogens (tertiary/aromatic N) is 1. The molecule has 1 aromatic carbocycles. The number of fused-ring (bicyclic) bond motifs is 1. The number of hydrogen-bond acceptors (Lipinski definition) is 2. The van der Waals surface area contributed by atoms with Gasteiger partial charge in [-0.1, -0.05) is 0 Å². The predicted octanol–water partition coefficient (Wildman–Crippen LogP) is 2.59. The highest BCUT2D eigenvalue weighted by Crippen LogP contribution is 2.35. The summed E-state index contributed by atoms with van der Waals surface area (Å²) in [4.78, 5) is 0. The Kier molecular flexibility index (Phi) is 3.26. The van der Waals surface area contributed by atoms with Gasteiger partial charge in [0.15, 0.2) is 0 Å². The van der Waals surface area contributed by atoms with Crippen molar-refractivity contribution in [2.75, 3.05) is 4.72 Å². The first-order valence-corrected chi connectivity index (χ1v) is 7.05. The van der Waals surface area contributed by atoms with Crippen molar-refractivity contribution < 1.29 is 21.6 Å². The van der Waals surface area contributed by atoms with Crippen molar-refractivity contribution >= 4 is 15.9 Å². The van der Waals surface area contributed by atoms with Gasteiger partial charge in [0.05, 0.1) is 11.3 Å². The molecular formula is C11H13F3N2O2S. The zero-order chi connectivity index (χ0) is 14.4. The topological polar surface area (TPSA) is 49.4 Å². The van der Waals surface area contributed by atoms with Gasteiger partial charge < -0.3 is 0 Å². The van der Waals surface area contributed by atoms with E-state index < -0.39 is 21.9 Å². The largest absolute Gasteiger partial charge is 0.416 e. The van der Waals surface area contributed by atoms with Crippen LogP contribution >= 0.6 is 0 Å². The van der Waals surface area contributed by atoms with E-state index in [0.29, 0.717) is 5.56 Å². The van der Waals surface area contributed by atoms with Crippen LogP contribution < -0.4 is 4.72 Å². The van der Waals surface area contributed by atoms with Crippen LogP contribution in [-0.2, 0) is 22.9 Å². The molecule has 1 aromatic rings. The molecule has 0 aromatic heterocycles. The van der Waals surface area contributed by atoms with Gasteiger partial charge in [0, 0.05) is 12.6 Å². The second-order valence-corrected chi connectivity index (χ2v) is 6.24. The van der Waals surface area contributed by atoms with Gasteiger partial charge in [-0.2, -0.15) is 25.9 Å². The first-order valence-electron chi connectivity index (χ1n) is 5.61. The zero-order valence-corrected chi connectivity index (χ0v) is 11.1. The minimum atomic E-state index is -4.44. The molecule has 19 heavy (non-hydrogen) atoms. The maximum absolute atomic E-state index is 12.6. The van der Waals surface area contributed by atoms with E-state index in [2.05, 4.69) is 4.72 Å². The minimum Gasteiger partial charge on any atom is -0.271 e. The number of halogens is 3. The molecule has 0 atom stereocenters. The fourth-order valence-corrected chi connectivity index (χ4v) is 3.37. The Balaban J connectivity index is 2.46. The molecule has 0 saturated carbocycles. The monoisotopic (exact) mass is 294 g/mol. The molecule has 2 rings (SSSR count). The third-order valence-corrected chi connectivity index (χ3v) is 4.53. The molecule has 0 fully saturated rings. The molecule has 106 valence electrons. The standard InChI is InChI=1S/C11H13F3N2O2S/c1-7(2)16-6-8-5-9(11(12,13)14)3-4-10(8)15-19(16,17)18/h3-5,7,15H,6H2,1-2H3. The third-order valence-electron chi connectivity index (χ3n) is 2.88. The Bertz CT molecular complexity index is 596. The van der Waals surface area contributed by atoms with Crippen LogP contribution in [0.2, 0.25) is 0 Å². The number of benzene rings is 1. The van der Waals surface area contributed by atoms with Crippen molar-refractivity contribution in [3.8, 4) is 0 Å². The van der Waals surface area contributed by atoms with Crippen molar-refractivity contribution in [2.24, 2.45) is 0 Å². The van der Waals surface area contributed by atoms with Crippen molar-refractivity contribution in [1.29, 1.82) is 0 Å². The summed E-state index contributed by atoms with van der Waals surface area (Å²) in [6.45, 7) is 3.27. The van der Waals surface area contributed by atoms with Crippen LogP contribution in [0.25, 0.3) is 0 Å². The summed E-state index contributed by atoms with van der Waals surface area (Å²) >= 11 is 0. The molecule has 8 heteroatoms. The lowest BCUT2D eigenvalue weighted by Gasteiger charge is -2.32. The number of alkyl halides is 3. The molecule has 0 amide bonds. The second-order valence-electron chi connectivity index (χ2n) is 4.62. The van der Waals surface area contributed by atoms with Gasteiger partial charge in [0.1, 0.15) is 0 Å². The summed E-state index contributed by atoms with van der Waals surface area (Å²) in [6.07, 6.45) is -4.44. The normalized spacial score (nSPS) is 19.1. The van der Waals surface area contributed by atoms with Crippen molar-refractivity contribution in [2.45, 2.75) is 32.6 Å². The summed E-state index contributed by atoms with van der Waals surface area (Å²) in [5, 5.41) is 0. The summed E-state index contributed by atoms with van der Waals surface area (Å²) in [6, 6.07) is 2.66. The van der Waals surface area contributed by atoms with E-state index in [-0.39, 0.29) is 18.3 Å². The van der Waals surface area contributed by atoms with Crippen molar-refractivity contribution in [3.63, 3.8) is 0 Å². The van der Waals surface area contributed by atoms with E-state index in [1.54, 1.807) is 13.8 Å². The molecule has 0 saturated heterocycles. The average Bonchev–Trinajstić information content (AvgIpc) is 2.24. The minimum absolute atomic E-state index is 0.0632. The number of rotatable bonds is 1. The first-order chi connectivity index (χ1) is 8.61. The van der Waals surface area contributed by atoms with E-state index in [0.717, 1.165) is 22.5 Å². The van der Waals surface area contributed by atoms with E-state index in [1.807, 2.05) is 0 Å². The summed E-state index contributed by atoms with van der Waals surface area (Å²) in [5.74, 6) is 0. The smallest absolute Gasteiger partial charge is 0.271 e. The Morgan fingerprint density at radius 2 is 1.95 bits per heavy atom. The number of nitrogens with one attached hydrogen (secondary N) is 1. The van der Waals surface area contributed by atoms with E-state index in [1.165, 1.54) is 0 Å². The van der Waals surface area contributed by atoms with E-state index >= 15 is 0 Å². The van der Waals surface area contributed by atoms with Crippen LogP contribution in [-0.4, -0.2) is 18.8 Å². The van der Waals surface area contributed by atoms with Crippen molar-refractivity contribution in [3.05, 3.63) is 29.3 Å². The maximum Gasteiger partial charge on any atom is 0.416 e. The molecule has 1 N–H and O–H groups in total. The fourth-order valence-electron chi connectivity index (χ4n) is 1.91. The van der Waals surface area contributed by atoms with Gasteiger partial charge in [-0.3, -0.25) is 4.72 Å². The van der Waals surface area contributed by atoms with Gasteiger partial charge in [-0.05, 0) is 37.6 Å². The second kappa shape index (κ2) is 4.38. The molecule has 0 radical (unpaired) electrons. The SMILES string of the molecule is CC(C)N1Cc2cc(C(F)(F)F)ccc2NS1(=O)=O. The van der Waals surface area contributed by atoms with Gasteiger partial charge in [-0.25, -0.2) is 0 Å². The Morgan fingerprint density at radius 1 is 1.32 bits per heavy atom. The molecule has 0 unspecified atom stereocenters. The van der Waals surface area contributed by atoms with Crippen LogP contribution in [0.4, 0.5) is 18.9 Å². The molecule has 0 bridgehead atoms. The van der Waals surface area contributed by atoms with Gasteiger partial charge in [-0.15, -0.1) is 0 Å². The van der Waals surface area contributed by atoms with Crippen LogP contribution in [0.5, 0.6) is 0 Å². The van der Waals surface area contributed by atoms with Crippen molar-refractivity contribution in [1.82, 2.24) is 4.31 Å². The molecule has 0 spiro atoms. The molecule has 1 aliphatic rings. The van der Waals surface area contributed by atoms with E-state index in [4.69, 9.17) is 0 Å². The Morgan fingerprint density at radius 3 is 2.47 bits per heavy atom. The number of hydrogen-bond donors (Lipinski definition) is 1. The van der Waals surface area contributed by atoms with Crippen LogP contribution in [0.15, 0.2) is 18.2 Å². The number of anilines is 1. The van der Waals surface area contributed by atoms with E-state index in [9.17, 15) is 21.6 Å². The average molecular weight is 294 g/mol. The lowest BCUT2D eigenvalue weighted by molar-refractivity contribution is -0.137. The Labute approximate surface area is 109 Å². The molecule has 0 aliphatic carbocycles. The predicted molar refractivity (Wildman–Crippen MR) is 64.7 cm³/mol. The van der Waals surface area contributed by atoms with Crippen LogP contribution in [0.1, 0.15) is 25.0 Å².